The standard InChI is InChI=1S/C3H8NOP/c1-3(5)6-4-2/h4,6H,1-2H3. The Kier molecular flexibility index (Phi) is 3.29. The number of hydrogen-bond acceptors (Lipinski definition) is 2. The van der Waals surface area contributed by atoms with Crippen LogP contribution in [0.4, 0.5) is 0 Å². The summed E-state index contributed by atoms with van der Waals surface area (Å²) in [5, 5.41) is 2.75. The highest BCUT2D eigenvalue weighted by molar-refractivity contribution is 7.55. The molecule has 1 unspecified atom stereocenters. The smallest absolute Gasteiger partial charge is 0.163 e. The summed E-state index contributed by atoms with van der Waals surface area (Å²) in [7, 11) is 2.05. The van der Waals surface area contributed by atoms with Crippen molar-refractivity contribution >= 4 is 14.3 Å². The van der Waals surface area contributed by atoms with Gasteiger partial charge in [0.25, 0.3) is 0 Å². The zero-order chi connectivity index (χ0) is 4.99. The predicted octanol–water partition coefficient (Wildman–Crippen LogP) is 0.346. The highest BCUT2D eigenvalue weighted by atomic mass is 31.1. The molecular weight excluding hydrogens is 97.0 g/mol. The fraction of sp³-hybridized carbons (Fsp3) is 0.667. The monoisotopic (exact) mass is 105 g/mol. The quantitative estimate of drug-likeness (QED) is 0.513. The molecule has 0 radical (unpaired) electrons. The summed E-state index contributed by atoms with van der Waals surface area (Å²) in [6.45, 7) is 1.56. The number of rotatable bonds is 2. The lowest BCUT2D eigenvalue weighted by Crippen LogP contribution is -1.91. The lowest BCUT2D eigenvalue weighted by atomic mass is 10.9. The van der Waals surface area contributed by atoms with Crippen LogP contribution in [0.15, 0.2) is 0 Å². The molecule has 0 spiro atoms. The first-order chi connectivity index (χ1) is 2.77. The number of carbonyl (C=O) groups excluding carboxylic acids is 1. The molecule has 1 N–H and O–H groups in total. The van der Waals surface area contributed by atoms with Crippen LogP contribution in [0.5, 0.6) is 0 Å². The van der Waals surface area contributed by atoms with Crippen molar-refractivity contribution < 1.29 is 4.79 Å². The number of hydrogen-bond donors (Lipinski definition) is 1. The minimum atomic E-state index is 0.206. The van der Waals surface area contributed by atoms with Gasteiger partial charge in [-0.3, -0.25) is 9.88 Å². The van der Waals surface area contributed by atoms with Crippen LogP contribution in [0.25, 0.3) is 0 Å². The number of carbonyl (C=O) groups is 1. The molecule has 3 heteroatoms. The lowest BCUT2D eigenvalue weighted by Gasteiger charge is -1.85. The summed E-state index contributed by atoms with van der Waals surface area (Å²) in [4.78, 5) is 9.99. The van der Waals surface area contributed by atoms with Crippen molar-refractivity contribution in [2.75, 3.05) is 7.05 Å². The second kappa shape index (κ2) is 3.26. The van der Waals surface area contributed by atoms with E-state index in [-0.39, 0.29) is 14.3 Å². The molecule has 2 nitrogen and oxygen atoms in total. The minimum absolute atomic E-state index is 0.206. The zero-order valence-electron chi connectivity index (χ0n) is 3.91. The van der Waals surface area contributed by atoms with E-state index >= 15 is 0 Å². The Morgan fingerprint density at radius 3 is 2.33 bits per heavy atom. The maximum absolute atomic E-state index is 9.99. The molecule has 0 heterocycles. The van der Waals surface area contributed by atoms with Gasteiger partial charge in [-0.2, -0.15) is 0 Å². The van der Waals surface area contributed by atoms with Gasteiger partial charge < -0.3 is 0 Å². The Balaban J connectivity index is 2.83. The lowest BCUT2D eigenvalue weighted by molar-refractivity contribution is -0.109. The van der Waals surface area contributed by atoms with Crippen LogP contribution in [0.1, 0.15) is 6.92 Å². The number of nitrogens with one attached hydrogen (secondary N) is 1. The van der Waals surface area contributed by atoms with Crippen molar-refractivity contribution in [3.63, 3.8) is 0 Å². The molecule has 0 aromatic heterocycles. The Bertz CT molecular complexity index is 54.8. The van der Waals surface area contributed by atoms with Gasteiger partial charge in [0.15, 0.2) is 5.52 Å². The first-order valence-corrected chi connectivity index (χ1v) is 2.70. The van der Waals surface area contributed by atoms with Crippen molar-refractivity contribution in [2.45, 2.75) is 6.92 Å². The third-order valence-corrected chi connectivity index (χ3v) is 0.903. The summed E-state index contributed by atoms with van der Waals surface area (Å²) in [5.74, 6) is 0. The van der Waals surface area contributed by atoms with Crippen LogP contribution in [0.2, 0.25) is 0 Å². The Labute approximate surface area is 39.2 Å². The maximum atomic E-state index is 9.99. The van der Waals surface area contributed by atoms with Gasteiger partial charge >= 0.3 is 0 Å². The van der Waals surface area contributed by atoms with Gasteiger partial charge in [-0.1, -0.05) is 0 Å². The molecule has 0 aliphatic carbocycles. The minimum Gasteiger partial charge on any atom is -0.295 e. The van der Waals surface area contributed by atoms with Gasteiger partial charge in [0, 0.05) is 8.73 Å². The molecule has 0 aromatic carbocycles. The normalized spacial score (nSPS) is 10.3. The van der Waals surface area contributed by atoms with Crippen molar-refractivity contribution in [2.24, 2.45) is 0 Å². The van der Waals surface area contributed by atoms with E-state index in [0.29, 0.717) is 0 Å². The third-order valence-electron chi connectivity index (χ3n) is 0.301. The van der Waals surface area contributed by atoms with E-state index in [1.807, 2.05) is 0 Å². The summed E-state index contributed by atoms with van der Waals surface area (Å²) in [6.07, 6.45) is 0. The molecule has 0 saturated carbocycles. The van der Waals surface area contributed by atoms with Crippen LogP contribution in [0.3, 0.4) is 0 Å². The van der Waals surface area contributed by atoms with Crippen molar-refractivity contribution in [1.29, 1.82) is 0 Å². The topological polar surface area (TPSA) is 29.1 Å². The van der Waals surface area contributed by atoms with Crippen molar-refractivity contribution in [1.82, 2.24) is 5.09 Å². The first kappa shape index (κ1) is 6.06. The van der Waals surface area contributed by atoms with Crippen LogP contribution in [-0.4, -0.2) is 12.6 Å². The second-order valence-corrected chi connectivity index (χ2v) is 2.39. The molecule has 0 fully saturated rings. The molecular formula is C3H8NOP. The molecule has 0 saturated heterocycles. The van der Waals surface area contributed by atoms with E-state index < -0.39 is 0 Å². The third kappa shape index (κ3) is 4.06. The van der Waals surface area contributed by atoms with E-state index in [1.165, 1.54) is 0 Å². The molecule has 0 aliphatic heterocycles. The first-order valence-electron chi connectivity index (χ1n) is 1.70. The summed E-state index contributed by atoms with van der Waals surface area (Å²) in [6, 6.07) is 0. The van der Waals surface area contributed by atoms with Gasteiger partial charge in [-0.15, -0.1) is 0 Å². The van der Waals surface area contributed by atoms with Gasteiger partial charge in [0.2, 0.25) is 0 Å². The molecule has 36 valence electrons. The van der Waals surface area contributed by atoms with E-state index in [9.17, 15) is 4.79 Å². The summed E-state index contributed by atoms with van der Waals surface area (Å²) < 4.78 is 0. The molecule has 0 aliphatic rings. The fourth-order valence-electron chi connectivity index (χ4n) is 0.176. The molecule has 0 amide bonds. The zero-order valence-corrected chi connectivity index (χ0v) is 4.91. The van der Waals surface area contributed by atoms with Crippen molar-refractivity contribution in [3.8, 4) is 0 Å². The average molecular weight is 105 g/mol. The van der Waals surface area contributed by atoms with Gasteiger partial charge in [0.1, 0.15) is 0 Å². The van der Waals surface area contributed by atoms with E-state index in [2.05, 4.69) is 5.09 Å². The fourth-order valence-corrected chi connectivity index (χ4v) is 0.528. The van der Waals surface area contributed by atoms with Crippen molar-refractivity contribution in [3.05, 3.63) is 0 Å². The SMILES string of the molecule is CNPC(C)=O. The maximum Gasteiger partial charge on any atom is 0.163 e. The van der Waals surface area contributed by atoms with E-state index in [0.717, 1.165) is 0 Å². The second-order valence-electron chi connectivity index (χ2n) is 0.931. The molecule has 0 aromatic rings. The Morgan fingerprint density at radius 1 is 1.83 bits per heavy atom. The molecule has 0 rings (SSSR count). The van der Waals surface area contributed by atoms with Crippen LogP contribution < -0.4 is 5.09 Å². The average Bonchev–Trinajstić information content (AvgIpc) is 1.35. The highest BCUT2D eigenvalue weighted by Crippen LogP contribution is 1.98. The Hall–Kier alpha value is 0.0600. The molecule has 1 atom stereocenters. The van der Waals surface area contributed by atoms with Gasteiger partial charge in [-0.05, 0) is 14.0 Å². The Morgan fingerprint density at radius 2 is 2.33 bits per heavy atom. The summed E-state index contributed by atoms with van der Waals surface area (Å²) >= 11 is 0. The van der Waals surface area contributed by atoms with E-state index in [4.69, 9.17) is 0 Å². The predicted molar refractivity (Wildman–Crippen MR) is 28.1 cm³/mol. The summed E-state index contributed by atoms with van der Waals surface area (Å²) in [5.41, 5.74) is 0.206. The van der Waals surface area contributed by atoms with Gasteiger partial charge in [-0.25, -0.2) is 0 Å². The molecule has 6 heavy (non-hydrogen) atoms. The van der Waals surface area contributed by atoms with Crippen LogP contribution in [-0.2, 0) is 4.79 Å². The van der Waals surface area contributed by atoms with Gasteiger partial charge in [0.05, 0.1) is 0 Å². The van der Waals surface area contributed by atoms with Crippen LogP contribution >= 0.6 is 8.73 Å². The molecule has 0 bridgehead atoms. The van der Waals surface area contributed by atoms with E-state index in [1.54, 1.807) is 14.0 Å². The van der Waals surface area contributed by atoms with Crippen LogP contribution in [0, 0.1) is 0 Å². The highest BCUT2D eigenvalue weighted by Gasteiger charge is 1.82. The largest absolute Gasteiger partial charge is 0.295 e.